The quantitative estimate of drug-likeness (QED) is 0.832. The Hall–Kier alpha value is -1.85. The molecule has 0 radical (unpaired) electrons. The molecule has 0 aliphatic heterocycles. The van der Waals surface area contributed by atoms with Gasteiger partial charge >= 0.3 is 5.97 Å². The van der Waals surface area contributed by atoms with Gasteiger partial charge in [-0.3, -0.25) is 9.48 Å². The molecule has 1 amide bonds. The van der Waals surface area contributed by atoms with Crippen LogP contribution in [-0.2, 0) is 11.8 Å². The fraction of sp³-hybridized carbons (Fsp3) is 0.643. The summed E-state index contributed by atoms with van der Waals surface area (Å²) in [6, 6.07) is -0.872. The highest BCUT2D eigenvalue weighted by atomic mass is 16.4. The standard InChI is InChI=1S/C14H23N3O3/c1-8(2)6-11(14(19)20)15-13(18)10-7-17(5)16-12(10)9(3)4/h7-9,11H,6H2,1-5H3,(H,15,18)(H,19,20)/t11-/m1/s1. The largest absolute Gasteiger partial charge is 0.480 e. The Balaban J connectivity index is 2.92. The maximum Gasteiger partial charge on any atom is 0.326 e. The molecular weight excluding hydrogens is 258 g/mol. The molecule has 0 bridgehead atoms. The van der Waals surface area contributed by atoms with Crippen molar-refractivity contribution in [2.45, 2.75) is 46.1 Å². The molecule has 1 rings (SSSR count). The molecule has 0 saturated carbocycles. The van der Waals surface area contributed by atoms with Gasteiger partial charge < -0.3 is 10.4 Å². The average molecular weight is 281 g/mol. The molecule has 6 nitrogen and oxygen atoms in total. The topological polar surface area (TPSA) is 84.2 Å². The summed E-state index contributed by atoms with van der Waals surface area (Å²) in [6.45, 7) is 7.74. The van der Waals surface area contributed by atoms with Crippen molar-refractivity contribution < 1.29 is 14.7 Å². The van der Waals surface area contributed by atoms with E-state index in [1.54, 1.807) is 17.9 Å². The van der Waals surface area contributed by atoms with E-state index in [2.05, 4.69) is 10.4 Å². The van der Waals surface area contributed by atoms with Gasteiger partial charge in [-0.25, -0.2) is 4.79 Å². The van der Waals surface area contributed by atoms with Gasteiger partial charge in [0.1, 0.15) is 6.04 Å². The zero-order valence-electron chi connectivity index (χ0n) is 12.7. The predicted octanol–water partition coefficient (Wildman–Crippen LogP) is 1.77. The van der Waals surface area contributed by atoms with E-state index in [1.165, 1.54) is 0 Å². The number of rotatable bonds is 6. The minimum atomic E-state index is -1.01. The summed E-state index contributed by atoms with van der Waals surface area (Å²) in [6.07, 6.45) is 2.03. The zero-order chi connectivity index (χ0) is 15.4. The highest BCUT2D eigenvalue weighted by Crippen LogP contribution is 2.17. The molecule has 20 heavy (non-hydrogen) atoms. The summed E-state index contributed by atoms with van der Waals surface area (Å²) in [5.74, 6) is -1.10. The maximum absolute atomic E-state index is 12.3. The highest BCUT2D eigenvalue weighted by molar-refractivity contribution is 5.97. The molecule has 0 fully saturated rings. The van der Waals surface area contributed by atoms with Crippen LogP contribution in [0.15, 0.2) is 6.20 Å². The van der Waals surface area contributed by atoms with Crippen LogP contribution in [0.25, 0.3) is 0 Å². The highest BCUT2D eigenvalue weighted by Gasteiger charge is 2.24. The first kappa shape index (κ1) is 16.2. The number of aromatic nitrogens is 2. The Kier molecular flexibility index (Phi) is 5.30. The number of carbonyl (C=O) groups is 2. The van der Waals surface area contributed by atoms with Crippen LogP contribution < -0.4 is 5.32 Å². The van der Waals surface area contributed by atoms with Crippen LogP contribution in [0.5, 0.6) is 0 Å². The van der Waals surface area contributed by atoms with Crippen molar-refractivity contribution in [3.63, 3.8) is 0 Å². The van der Waals surface area contributed by atoms with Gasteiger partial charge in [-0.1, -0.05) is 27.7 Å². The molecular formula is C14H23N3O3. The second kappa shape index (κ2) is 6.54. The molecule has 1 atom stereocenters. The average Bonchev–Trinajstić information content (AvgIpc) is 2.69. The van der Waals surface area contributed by atoms with E-state index in [9.17, 15) is 9.59 Å². The smallest absolute Gasteiger partial charge is 0.326 e. The molecule has 0 unspecified atom stereocenters. The summed E-state index contributed by atoms with van der Waals surface area (Å²) >= 11 is 0. The Morgan fingerprint density at radius 3 is 2.40 bits per heavy atom. The van der Waals surface area contributed by atoms with Crippen LogP contribution in [0, 0.1) is 5.92 Å². The van der Waals surface area contributed by atoms with Gasteiger partial charge in [0.25, 0.3) is 5.91 Å². The van der Waals surface area contributed by atoms with E-state index in [4.69, 9.17) is 5.11 Å². The van der Waals surface area contributed by atoms with Crippen molar-refractivity contribution >= 4 is 11.9 Å². The monoisotopic (exact) mass is 281 g/mol. The number of nitrogens with one attached hydrogen (secondary N) is 1. The first-order valence-corrected chi connectivity index (χ1v) is 6.79. The Bertz CT molecular complexity index is 492. The van der Waals surface area contributed by atoms with Crippen molar-refractivity contribution in [3.05, 3.63) is 17.5 Å². The van der Waals surface area contributed by atoms with E-state index in [0.717, 1.165) is 0 Å². The van der Waals surface area contributed by atoms with Crippen LogP contribution in [0.4, 0.5) is 0 Å². The van der Waals surface area contributed by atoms with Crippen LogP contribution in [0.1, 0.15) is 56.1 Å². The number of carbonyl (C=O) groups excluding carboxylic acids is 1. The van der Waals surface area contributed by atoms with Crippen molar-refractivity contribution in [1.82, 2.24) is 15.1 Å². The molecule has 1 heterocycles. The van der Waals surface area contributed by atoms with Gasteiger partial charge in [-0.2, -0.15) is 5.10 Å². The lowest BCUT2D eigenvalue weighted by atomic mass is 10.0. The van der Waals surface area contributed by atoms with Crippen LogP contribution >= 0.6 is 0 Å². The van der Waals surface area contributed by atoms with Crippen LogP contribution in [-0.4, -0.2) is 32.8 Å². The molecule has 6 heteroatoms. The number of aryl methyl sites for hydroxylation is 1. The number of nitrogens with zero attached hydrogens (tertiary/aromatic N) is 2. The Morgan fingerprint density at radius 1 is 1.35 bits per heavy atom. The Morgan fingerprint density at radius 2 is 1.95 bits per heavy atom. The number of carboxylic acid groups (broad SMARTS) is 1. The third-order valence-corrected chi connectivity index (χ3v) is 2.96. The lowest BCUT2D eigenvalue weighted by molar-refractivity contribution is -0.139. The van der Waals surface area contributed by atoms with Crippen LogP contribution in [0.2, 0.25) is 0 Å². The lowest BCUT2D eigenvalue weighted by Gasteiger charge is -2.16. The molecule has 0 spiro atoms. The first-order chi connectivity index (χ1) is 9.22. The molecule has 112 valence electrons. The van der Waals surface area contributed by atoms with Crippen LogP contribution in [0.3, 0.4) is 0 Å². The minimum Gasteiger partial charge on any atom is -0.480 e. The number of aliphatic carboxylic acids is 1. The summed E-state index contributed by atoms with van der Waals surface area (Å²) in [4.78, 5) is 23.4. The second-order valence-corrected chi connectivity index (χ2v) is 5.75. The van der Waals surface area contributed by atoms with Gasteiger partial charge in [0, 0.05) is 13.2 Å². The van der Waals surface area contributed by atoms with Crippen molar-refractivity contribution in [3.8, 4) is 0 Å². The summed E-state index contributed by atoms with van der Waals surface area (Å²) < 4.78 is 1.57. The fourth-order valence-corrected chi connectivity index (χ4v) is 2.04. The van der Waals surface area contributed by atoms with Gasteiger partial charge in [0.2, 0.25) is 0 Å². The minimum absolute atomic E-state index is 0.102. The third-order valence-electron chi connectivity index (χ3n) is 2.96. The number of hydrogen-bond acceptors (Lipinski definition) is 3. The van der Waals surface area contributed by atoms with Gasteiger partial charge in [0.15, 0.2) is 0 Å². The maximum atomic E-state index is 12.3. The molecule has 0 aliphatic rings. The summed E-state index contributed by atoms with van der Waals surface area (Å²) in [7, 11) is 1.74. The third kappa shape index (κ3) is 4.08. The molecule has 0 saturated heterocycles. The fourth-order valence-electron chi connectivity index (χ4n) is 2.04. The normalized spacial score (nSPS) is 12.8. The van der Waals surface area contributed by atoms with Crippen molar-refractivity contribution in [2.75, 3.05) is 0 Å². The van der Waals surface area contributed by atoms with Crippen molar-refractivity contribution in [2.24, 2.45) is 13.0 Å². The summed E-state index contributed by atoms with van der Waals surface area (Å²) in [5.41, 5.74) is 1.12. The van der Waals surface area contributed by atoms with E-state index >= 15 is 0 Å². The van der Waals surface area contributed by atoms with E-state index in [-0.39, 0.29) is 17.7 Å². The molecule has 1 aromatic heterocycles. The predicted molar refractivity (Wildman–Crippen MR) is 75.6 cm³/mol. The van der Waals surface area contributed by atoms with E-state index in [0.29, 0.717) is 17.7 Å². The molecule has 1 aromatic rings. The summed E-state index contributed by atoms with van der Waals surface area (Å²) in [5, 5.41) is 16.0. The van der Waals surface area contributed by atoms with Gasteiger partial charge in [-0.05, 0) is 18.3 Å². The molecule has 0 aromatic carbocycles. The van der Waals surface area contributed by atoms with Gasteiger partial charge in [0.05, 0.1) is 11.3 Å². The van der Waals surface area contributed by atoms with E-state index in [1.807, 2.05) is 27.7 Å². The number of amides is 1. The second-order valence-electron chi connectivity index (χ2n) is 5.75. The SMILES string of the molecule is CC(C)C[C@@H](NC(=O)c1cn(C)nc1C(C)C)C(=O)O. The van der Waals surface area contributed by atoms with Gasteiger partial charge in [-0.15, -0.1) is 0 Å². The first-order valence-electron chi connectivity index (χ1n) is 6.79. The molecule has 0 aliphatic carbocycles. The molecule has 2 N–H and O–H groups in total. The lowest BCUT2D eigenvalue weighted by Crippen LogP contribution is -2.41. The van der Waals surface area contributed by atoms with E-state index < -0.39 is 12.0 Å². The number of carboxylic acids is 1. The Labute approximate surface area is 119 Å². The number of hydrogen-bond donors (Lipinski definition) is 2. The zero-order valence-corrected chi connectivity index (χ0v) is 12.7. The van der Waals surface area contributed by atoms with Crippen molar-refractivity contribution in [1.29, 1.82) is 0 Å².